The molecule has 122 valence electrons. The Labute approximate surface area is 143 Å². The minimum atomic E-state index is -0.365. The first-order chi connectivity index (χ1) is 11.6. The second-order valence-corrected chi connectivity index (χ2v) is 6.36. The summed E-state index contributed by atoms with van der Waals surface area (Å²) < 4.78 is 15.6. The highest BCUT2D eigenvalue weighted by atomic mass is 35.5. The fraction of sp³-hybridized carbons (Fsp3) is 0.222. The van der Waals surface area contributed by atoms with Gasteiger partial charge < -0.3 is 5.32 Å². The van der Waals surface area contributed by atoms with Gasteiger partial charge in [-0.3, -0.25) is 4.79 Å². The third kappa shape index (κ3) is 2.81. The first-order valence-electron chi connectivity index (χ1n) is 7.82. The second-order valence-electron chi connectivity index (χ2n) is 6.02. The van der Waals surface area contributed by atoms with Crippen LogP contribution >= 0.6 is 11.8 Å². The molecule has 4 nitrogen and oxygen atoms in total. The summed E-state index contributed by atoms with van der Waals surface area (Å²) in [6.45, 7) is 0.667. The smallest absolute Gasteiger partial charge is 0.266 e. The van der Waals surface area contributed by atoms with Crippen molar-refractivity contribution < 1.29 is 4.39 Å². The number of pyridine rings is 2. The van der Waals surface area contributed by atoms with Gasteiger partial charge in [0.25, 0.3) is 5.56 Å². The van der Waals surface area contributed by atoms with Gasteiger partial charge in [0.1, 0.15) is 5.82 Å². The van der Waals surface area contributed by atoms with Gasteiger partial charge in [-0.05, 0) is 42.2 Å². The maximum absolute atomic E-state index is 14.6. The molecule has 1 saturated carbocycles. The van der Waals surface area contributed by atoms with Crippen LogP contribution in [0.3, 0.4) is 0 Å². The van der Waals surface area contributed by atoms with Crippen LogP contribution in [0.15, 0.2) is 47.4 Å². The van der Waals surface area contributed by atoms with E-state index >= 15 is 0 Å². The first-order valence-corrected chi connectivity index (χ1v) is 8.16. The fourth-order valence-electron chi connectivity index (χ4n) is 2.78. The number of nitrogens with one attached hydrogen (secondary N) is 1. The third-order valence-electron chi connectivity index (χ3n) is 4.24. The lowest BCUT2D eigenvalue weighted by atomic mass is 10.0. The van der Waals surface area contributed by atoms with Gasteiger partial charge in [-0.25, -0.2) is 9.37 Å². The molecule has 0 spiro atoms. The van der Waals surface area contributed by atoms with Crippen molar-refractivity contribution in [1.82, 2.24) is 14.4 Å². The van der Waals surface area contributed by atoms with E-state index in [4.69, 9.17) is 11.8 Å². The van der Waals surface area contributed by atoms with Crippen molar-refractivity contribution in [3.05, 3.63) is 64.3 Å². The van der Waals surface area contributed by atoms with Crippen molar-refractivity contribution in [2.45, 2.75) is 25.4 Å². The number of fused-ring (bicyclic) bond motifs is 1. The molecule has 1 aliphatic carbocycles. The lowest BCUT2D eigenvalue weighted by molar-refractivity contribution is 0.623. The molecule has 2 heterocycles. The summed E-state index contributed by atoms with van der Waals surface area (Å²) in [6, 6.07) is 10.5. The Bertz CT molecular complexity index is 982. The second kappa shape index (κ2) is 6.00. The molecule has 0 bridgehead atoms. The Morgan fingerprint density at radius 3 is 2.79 bits per heavy atom. The zero-order valence-corrected chi connectivity index (χ0v) is 13.6. The van der Waals surface area contributed by atoms with E-state index in [9.17, 15) is 9.18 Å². The quantitative estimate of drug-likeness (QED) is 0.789. The van der Waals surface area contributed by atoms with Crippen LogP contribution in [0.1, 0.15) is 18.4 Å². The van der Waals surface area contributed by atoms with Crippen molar-refractivity contribution in [2.24, 2.45) is 0 Å². The maximum atomic E-state index is 14.6. The van der Waals surface area contributed by atoms with E-state index in [1.807, 2.05) is 6.07 Å². The first kappa shape index (κ1) is 15.3. The molecular weight excluding hydrogens is 329 g/mol. The molecule has 0 radical (unpaired) electrons. The van der Waals surface area contributed by atoms with Gasteiger partial charge in [0.2, 0.25) is 0 Å². The normalized spacial score (nSPS) is 14.2. The van der Waals surface area contributed by atoms with E-state index in [1.54, 1.807) is 24.3 Å². The van der Waals surface area contributed by atoms with Crippen LogP contribution in [0.4, 0.5) is 4.39 Å². The van der Waals surface area contributed by atoms with Crippen LogP contribution in [0.5, 0.6) is 0 Å². The number of aromatic nitrogens is 2. The number of hydrogen-bond donors (Lipinski definition) is 1. The van der Waals surface area contributed by atoms with Crippen molar-refractivity contribution in [3.63, 3.8) is 0 Å². The number of rotatable bonds is 4. The van der Waals surface area contributed by atoms with E-state index in [1.165, 1.54) is 25.1 Å². The summed E-state index contributed by atoms with van der Waals surface area (Å²) in [4.78, 5) is 15.8. The van der Waals surface area contributed by atoms with Gasteiger partial charge in [0, 0.05) is 47.6 Å². The highest BCUT2D eigenvalue weighted by Gasteiger charge is 2.20. The van der Waals surface area contributed by atoms with Crippen molar-refractivity contribution >= 4 is 22.8 Å². The molecule has 4 rings (SSSR count). The van der Waals surface area contributed by atoms with Gasteiger partial charge >= 0.3 is 0 Å². The number of halogens is 2. The van der Waals surface area contributed by atoms with Crippen molar-refractivity contribution in [1.29, 1.82) is 0 Å². The Balaban J connectivity index is 1.76. The maximum Gasteiger partial charge on any atom is 0.266 e. The molecule has 0 amide bonds. The SMILES string of the molecule is O=c1ccc2c(-c3ccc(CNC4CC4)cc3F)ccnc2n1Cl. The lowest BCUT2D eigenvalue weighted by Gasteiger charge is -2.10. The van der Waals surface area contributed by atoms with Gasteiger partial charge in [-0.1, -0.05) is 12.1 Å². The predicted molar refractivity (Wildman–Crippen MR) is 92.5 cm³/mol. The number of nitrogens with zero attached hydrogens (tertiary/aromatic N) is 2. The molecule has 6 heteroatoms. The summed E-state index contributed by atoms with van der Waals surface area (Å²) in [7, 11) is 0. The Morgan fingerprint density at radius 2 is 2.04 bits per heavy atom. The summed E-state index contributed by atoms with van der Waals surface area (Å²) in [5, 5.41) is 4.00. The average Bonchev–Trinajstić information content (AvgIpc) is 3.41. The van der Waals surface area contributed by atoms with Gasteiger partial charge in [0.05, 0.1) is 0 Å². The predicted octanol–water partition coefficient (Wildman–Crippen LogP) is 3.46. The zero-order valence-electron chi connectivity index (χ0n) is 12.8. The van der Waals surface area contributed by atoms with E-state index < -0.39 is 0 Å². The zero-order chi connectivity index (χ0) is 16.7. The topological polar surface area (TPSA) is 46.9 Å². The van der Waals surface area contributed by atoms with Crippen LogP contribution in [0, 0.1) is 5.82 Å². The van der Waals surface area contributed by atoms with Crippen LogP contribution in [0.25, 0.3) is 22.2 Å². The molecule has 3 aromatic rings. The summed E-state index contributed by atoms with van der Waals surface area (Å²) in [5.41, 5.74) is 1.99. The monoisotopic (exact) mass is 343 g/mol. The van der Waals surface area contributed by atoms with E-state index in [2.05, 4.69) is 10.3 Å². The van der Waals surface area contributed by atoms with E-state index in [0.29, 0.717) is 34.7 Å². The van der Waals surface area contributed by atoms with E-state index in [0.717, 1.165) is 9.65 Å². The fourth-order valence-corrected chi connectivity index (χ4v) is 2.97. The summed E-state index contributed by atoms with van der Waals surface area (Å²) >= 11 is 5.97. The van der Waals surface area contributed by atoms with E-state index in [-0.39, 0.29) is 11.4 Å². The minimum absolute atomic E-state index is 0.301. The van der Waals surface area contributed by atoms with Crippen molar-refractivity contribution in [2.75, 3.05) is 0 Å². The Kier molecular flexibility index (Phi) is 3.82. The molecule has 2 aromatic heterocycles. The standard InChI is InChI=1S/C18H15ClFN3O/c19-23-17(24)6-5-15-13(7-8-21-18(15)23)14-4-1-11(9-16(14)20)10-22-12-2-3-12/h1,4-9,12,22H,2-3,10H2. The molecule has 1 N–H and O–H groups in total. The number of benzene rings is 1. The van der Waals surface area contributed by atoms with Crippen LogP contribution in [-0.2, 0) is 6.54 Å². The highest BCUT2D eigenvalue weighted by Crippen LogP contribution is 2.30. The Hall–Kier alpha value is -2.24. The molecular formula is C18H15ClFN3O. The lowest BCUT2D eigenvalue weighted by Crippen LogP contribution is -2.15. The van der Waals surface area contributed by atoms with Crippen LogP contribution in [-0.4, -0.2) is 15.1 Å². The molecule has 0 atom stereocenters. The van der Waals surface area contributed by atoms with Crippen LogP contribution in [0.2, 0.25) is 0 Å². The molecule has 0 saturated heterocycles. The largest absolute Gasteiger partial charge is 0.310 e. The summed E-state index contributed by atoms with van der Waals surface area (Å²) in [6.07, 6.45) is 3.92. The minimum Gasteiger partial charge on any atom is -0.310 e. The Morgan fingerprint density at radius 1 is 1.21 bits per heavy atom. The molecule has 0 aliphatic heterocycles. The summed E-state index contributed by atoms with van der Waals surface area (Å²) in [5.74, 6) is -0.301. The van der Waals surface area contributed by atoms with Crippen LogP contribution < -0.4 is 10.9 Å². The van der Waals surface area contributed by atoms with Gasteiger partial charge in [-0.15, -0.1) is 0 Å². The molecule has 24 heavy (non-hydrogen) atoms. The average molecular weight is 344 g/mol. The molecule has 1 fully saturated rings. The third-order valence-corrected chi connectivity index (χ3v) is 4.56. The molecule has 1 aliphatic rings. The van der Waals surface area contributed by atoms with Gasteiger partial charge in [0.15, 0.2) is 5.65 Å². The highest BCUT2D eigenvalue weighted by molar-refractivity contribution is 6.18. The molecule has 1 aromatic carbocycles. The van der Waals surface area contributed by atoms with Gasteiger partial charge in [-0.2, -0.15) is 4.09 Å². The van der Waals surface area contributed by atoms with Crippen molar-refractivity contribution in [3.8, 4) is 11.1 Å². The molecule has 0 unspecified atom stereocenters. The number of hydrogen-bond acceptors (Lipinski definition) is 3.